The van der Waals surface area contributed by atoms with E-state index >= 15 is 0 Å². The zero-order valence-electron chi connectivity index (χ0n) is 20.1. The van der Waals surface area contributed by atoms with Gasteiger partial charge in [0.1, 0.15) is 23.0 Å². The highest BCUT2D eigenvalue weighted by molar-refractivity contribution is 5.85. The summed E-state index contributed by atoms with van der Waals surface area (Å²) in [6.07, 6.45) is 5.57. The van der Waals surface area contributed by atoms with Crippen LogP contribution in [0, 0.1) is 0 Å². The van der Waals surface area contributed by atoms with Gasteiger partial charge in [-0.15, -0.1) is 0 Å². The number of para-hydroxylation sites is 1. The van der Waals surface area contributed by atoms with Crippen LogP contribution in [0.3, 0.4) is 0 Å². The Kier molecular flexibility index (Phi) is 6.27. The molecule has 10 heteroatoms. The van der Waals surface area contributed by atoms with Crippen LogP contribution in [0.5, 0.6) is 5.75 Å². The molecule has 1 N–H and O–H groups in total. The van der Waals surface area contributed by atoms with Crippen LogP contribution in [0.25, 0.3) is 11.3 Å². The smallest absolute Gasteiger partial charge is 0.387 e. The summed E-state index contributed by atoms with van der Waals surface area (Å²) in [5, 5.41) is 13.6. The second-order valence-electron chi connectivity index (χ2n) is 9.91. The van der Waals surface area contributed by atoms with Crippen LogP contribution < -0.4 is 9.64 Å². The number of carboxylic acids is 1. The van der Waals surface area contributed by atoms with Crippen LogP contribution in [-0.4, -0.2) is 46.0 Å². The molecule has 0 radical (unpaired) electrons. The molecular weight excluding hydrogens is 484 g/mol. The number of hydrogen-bond donors (Lipinski definition) is 1. The van der Waals surface area contributed by atoms with Gasteiger partial charge in [0.05, 0.1) is 12.7 Å². The van der Waals surface area contributed by atoms with Gasteiger partial charge in [0.2, 0.25) is 0 Å². The third-order valence-corrected chi connectivity index (χ3v) is 7.50. The number of alkyl halides is 2. The Morgan fingerprint density at radius 1 is 1.08 bits per heavy atom. The van der Waals surface area contributed by atoms with E-state index in [-0.39, 0.29) is 42.2 Å². The summed E-state index contributed by atoms with van der Waals surface area (Å²) < 4.78 is 42.9. The minimum Gasteiger partial charge on any atom is -0.477 e. The van der Waals surface area contributed by atoms with Crippen molar-refractivity contribution in [2.24, 2.45) is 0 Å². The number of anilines is 1. The van der Waals surface area contributed by atoms with Crippen molar-refractivity contribution in [1.29, 1.82) is 0 Å². The molecule has 4 heterocycles. The quantitative estimate of drug-likeness (QED) is 0.395. The molecule has 1 aliphatic carbocycles. The number of pyridine rings is 1. The van der Waals surface area contributed by atoms with Crippen molar-refractivity contribution in [3.63, 3.8) is 0 Å². The number of nitrogens with zero attached hydrogens (tertiary/aromatic N) is 3. The largest absolute Gasteiger partial charge is 0.477 e. The van der Waals surface area contributed by atoms with Gasteiger partial charge in [-0.25, -0.2) is 9.78 Å². The van der Waals surface area contributed by atoms with E-state index in [4.69, 9.17) is 14.0 Å². The van der Waals surface area contributed by atoms with Crippen LogP contribution in [0.1, 0.15) is 66.3 Å². The van der Waals surface area contributed by atoms with Gasteiger partial charge in [0.25, 0.3) is 0 Å². The third-order valence-electron chi connectivity index (χ3n) is 7.50. The van der Waals surface area contributed by atoms with Crippen LogP contribution in [0.15, 0.2) is 47.0 Å². The van der Waals surface area contributed by atoms with Crippen molar-refractivity contribution in [2.45, 2.75) is 75.8 Å². The molecule has 2 aromatic heterocycles. The zero-order valence-corrected chi connectivity index (χ0v) is 20.1. The molecule has 2 unspecified atom stereocenters. The predicted octanol–water partition coefficient (Wildman–Crippen LogP) is 5.63. The maximum absolute atomic E-state index is 13.0. The highest BCUT2D eigenvalue weighted by Crippen LogP contribution is 2.46. The Morgan fingerprint density at radius 2 is 1.84 bits per heavy atom. The second kappa shape index (κ2) is 9.74. The molecule has 3 aromatic rings. The molecule has 2 aliphatic heterocycles. The fourth-order valence-corrected chi connectivity index (χ4v) is 5.73. The molecule has 2 saturated heterocycles. The lowest BCUT2D eigenvalue weighted by Gasteiger charge is -2.39. The monoisotopic (exact) mass is 511 g/mol. The average molecular weight is 512 g/mol. The van der Waals surface area contributed by atoms with Gasteiger partial charge in [-0.1, -0.05) is 23.4 Å². The number of carbonyl (C=O) groups is 1. The van der Waals surface area contributed by atoms with Crippen molar-refractivity contribution in [3.8, 4) is 17.0 Å². The van der Waals surface area contributed by atoms with Gasteiger partial charge < -0.3 is 24.0 Å². The molecule has 37 heavy (non-hydrogen) atoms. The number of halogens is 2. The first-order valence-electron chi connectivity index (χ1n) is 12.6. The number of carboxylic acid groups (broad SMARTS) is 1. The number of aromatic nitrogens is 2. The Balaban J connectivity index is 1.20. The molecule has 194 valence electrons. The van der Waals surface area contributed by atoms with Crippen molar-refractivity contribution in [2.75, 3.05) is 4.90 Å². The zero-order chi connectivity index (χ0) is 25.5. The van der Waals surface area contributed by atoms with Crippen molar-refractivity contribution < 1.29 is 32.7 Å². The van der Waals surface area contributed by atoms with E-state index < -0.39 is 12.6 Å². The first kappa shape index (κ1) is 23.8. The maximum Gasteiger partial charge on any atom is 0.387 e. The van der Waals surface area contributed by atoms with Crippen molar-refractivity contribution in [1.82, 2.24) is 10.1 Å². The predicted molar refractivity (Wildman–Crippen MR) is 129 cm³/mol. The van der Waals surface area contributed by atoms with Crippen LogP contribution in [0.2, 0.25) is 0 Å². The molecule has 3 atom stereocenters. The molecule has 2 bridgehead atoms. The Hall–Kier alpha value is -3.53. The molecular formula is C27H27F2N3O5. The summed E-state index contributed by atoms with van der Waals surface area (Å²) >= 11 is 0. The van der Waals surface area contributed by atoms with Gasteiger partial charge in [-0.2, -0.15) is 8.78 Å². The lowest BCUT2D eigenvalue weighted by molar-refractivity contribution is -0.0494. The molecule has 1 saturated carbocycles. The minimum atomic E-state index is -2.94. The van der Waals surface area contributed by atoms with Gasteiger partial charge in [0.15, 0.2) is 5.69 Å². The fourth-order valence-electron chi connectivity index (χ4n) is 5.73. The lowest BCUT2D eigenvalue weighted by Crippen LogP contribution is -2.46. The normalized spacial score (nSPS) is 23.0. The van der Waals surface area contributed by atoms with Crippen LogP contribution in [-0.2, 0) is 11.3 Å². The van der Waals surface area contributed by atoms with E-state index in [0.29, 0.717) is 17.1 Å². The first-order chi connectivity index (χ1) is 18.0. The van der Waals surface area contributed by atoms with E-state index in [2.05, 4.69) is 15.0 Å². The Bertz CT molecular complexity index is 1280. The van der Waals surface area contributed by atoms with Crippen LogP contribution in [0.4, 0.5) is 14.6 Å². The minimum absolute atomic E-state index is 0.00114. The summed E-state index contributed by atoms with van der Waals surface area (Å²) in [6.45, 7) is -2.67. The van der Waals surface area contributed by atoms with Crippen molar-refractivity contribution in [3.05, 3.63) is 59.5 Å². The number of piperidine rings is 1. The van der Waals surface area contributed by atoms with Gasteiger partial charge in [-0.05, 0) is 62.8 Å². The summed E-state index contributed by atoms with van der Waals surface area (Å²) in [5.74, 6) is 0.741. The van der Waals surface area contributed by atoms with Gasteiger partial charge >= 0.3 is 12.6 Å². The number of fused-ring (bicyclic) bond motifs is 2. The number of rotatable bonds is 9. The number of aromatic carboxylic acids is 1. The Labute approximate surface area is 212 Å². The summed E-state index contributed by atoms with van der Waals surface area (Å²) in [7, 11) is 0. The summed E-state index contributed by atoms with van der Waals surface area (Å²) in [5.41, 5.74) is 1.77. The van der Waals surface area contributed by atoms with Gasteiger partial charge in [0, 0.05) is 29.1 Å². The average Bonchev–Trinajstić information content (AvgIpc) is 3.59. The van der Waals surface area contributed by atoms with E-state index in [0.717, 1.165) is 49.8 Å². The first-order valence-corrected chi connectivity index (χ1v) is 12.6. The van der Waals surface area contributed by atoms with E-state index in [1.165, 1.54) is 12.1 Å². The molecule has 1 aromatic carbocycles. The molecule has 0 amide bonds. The van der Waals surface area contributed by atoms with E-state index in [9.17, 15) is 18.7 Å². The lowest BCUT2D eigenvalue weighted by atomic mass is 9.99. The molecule has 8 nitrogen and oxygen atoms in total. The maximum atomic E-state index is 13.0. The molecule has 6 rings (SSSR count). The molecule has 3 fully saturated rings. The van der Waals surface area contributed by atoms with E-state index in [1.54, 1.807) is 24.3 Å². The van der Waals surface area contributed by atoms with Gasteiger partial charge in [-0.3, -0.25) is 0 Å². The molecule has 3 aliphatic rings. The standard InChI is InChI=1S/C27H27F2N3O5/c28-27(29)36-22-6-2-1-4-19(22)24-20(25(37-31-24)15-8-9-15)14-35-18-12-16-10-11-17(13-18)32(16)23-7-3-5-21(30-23)26(33)34/h1-7,15-18,27H,8-14H2,(H,33,34)/t16-,17?,18?/m0/s1. The molecule has 0 spiro atoms. The SMILES string of the molecule is O=C(O)c1cccc(N2C3CC[C@H]2CC(OCc2c(-c4ccccc4OC(F)F)noc2C2CC2)C3)n1. The number of benzene rings is 1. The summed E-state index contributed by atoms with van der Waals surface area (Å²) in [4.78, 5) is 18.0. The highest BCUT2D eigenvalue weighted by atomic mass is 19.3. The number of hydrogen-bond acceptors (Lipinski definition) is 7. The van der Waals surface area contributed by atoms with Crippen LogP contribution >= 0.6 is 0 Å². The second-order valence-corrected chi connectivity index (χ2v) is 9.91. The highest BCUT2D eigenvalue weighted by Gasteiger charge is 2.42. The summed E-state index contributed by atoms with van der Waals surface area (Å²) in [6, 6.07) is 12.1. The third kappa shape index (κ3) is 4.77. The fraction of sp³-hybridized carbons (Fsp3) is 0.444. The Morgan fingerprint density at radius 3 is 2.54 bits per heavy atom. The number of ether oxygens (including phenoxy) is 2. The van der Waals surface area contributed by atoms with E-state index in [1.807, 2.05) is 6.07 Å². The van der Waals surface area contributed by atoms with Crippen molar-refractivity contribution >= 4 is 11.8 Å². The topological polar surface area (TPSA) is 97.9 Å².